The summed E-state index contributed by atoms with van der Waals surface area (Å²) in [6.45, 7) is 1.91. The SMILES string of the molecule is CCOC(=O)c1ccccc1C1(O)c2ccc(O)cc2Oc2cc(O)ccc21. The molecule has 0 radical (unpaired) electrons. The smallest absolute Gasteiger partial charge is 0.338 e. The Hall–Kier alpha value is -3.51. The molecule has 3 N–H and O–H groups in total. The Morgan fingerprint density at radius 1 is 0.929 bits per heavy atom. The summed E-state index contributed by atoms with van der Waals surface area (Å²) in [7, 11) is 0. The fourth-order valence-corrected chi connectivity index (χ4v) is 3.53. The number of aromatic hydroxyl groups is 2. The number of aliphatic hydroxyl groups is 1. The molecule has 0 saturated carbocycles. The number of carbonyl (C=O) groups is 1. The molecule has 0 fully saturated rings. The van der Waals surface area contributed by atoms with Crippen molar-refractivity contribution < 1.29 is 29.6 Å². The zero-order valence-electron chi connectivity index (χ0n) is 15.0. The van der Waals surface area contributed by atoms with Gasteiger partial charge in [-0.2, -0.15) is 0 Å². The largest absolute Gasteiger partial charge is 0.508 e. The maximum absolute atomic E-state index is 12.5. The summed E-state index contributed by atoms with van der Waals surface area (Å²) in [5, 5.41) is 31.7. The third-order valence-electron chi connectivity index (χ3n) is 4.74. The molecular formula is C22H18O6. The molecule has 1 aliphatic rings. The fourth-order valence-electron chi connectivity index (χ4n) is 3.53. The predicted molar refractivity (Wildman–Crippen MR) is 101 cm³/mol. The Morgan fingerprint density at radius 2 is 1.50 bits per heavy atom. The van der Waals surface area contributed by atoms with Crippen LogP contribution in [0.15, 0.2) is 60.7 Å². The summed E-state index contributed by atoms with van der Waals surface area (Å²) in [4.78, 5) is 12.5. The third-order valence-corrected chi connectivity index (χ3v) is 4.74. The minimum absolute atomic E-state index is 0.0385. The molecule has 142 valence electrons. The van der Waals surface area contributed by atoms with E-state index in [1.807, 2.05) is 0 Å². The van der Waals surface area contributed by atoms with Crippen LogP contribution in [0.2, 0.25) is 0 Å². The van der Waals surface area contributed by atoms with Gasteiger partial charge >= 0.3 is 5.97 Å². The minimum atomic E-state index is -1.76. The number of carbonyl (C=O) groups excluding carboxylic acids is 1. The van der Waals surface area contributed by atoms with Gasteiger partial charge in [0, 0.05) is 28.8 Å². The highest BCUT2D eigenvalue weighted by Gasteiger charge is 2.44. The lowest BCUT2D eigenvalue weighted by molar-refractivity contribution is 0.0509. The van der Waals surface area contributed by atoms with Crippen LogP contribution in [-0.2, 0) is 10.3 Å². The Bertz CT molecular complexity index is 1020. The molecule has 28 heavy (non-hydrogen) atoms. The number of hydrogen-bond acceptors (Lipinski definition) is 6. The molecule has 0 bridgehead atoms. The first-order valence-corrected chi connectivity index (χ1v) is 8.79. The zero-order chi connectivity index (χ0) is 19.9. The monoisotopic (exact) mass is 378 g/mol. The second-order valence-electron chi connectivity index (χ2n) is 6.44. The van der Waals surface area contributed by atoms with E-state index < -0.39 is 11.6 Å². The summed E-state index contributed by atoms with van der Waals surface area (Å²) in [5.74, 6) is -0.191. The average Bonchev–Trinajstić information content (AvgIpc) is 2.67. The highest BCUT2D eigenvalue weighted by molar-refractivity contribution is 5.92. The van der Waals surface area contributed by atoms with E-state index in [-0.39, 0.29) is 35.2 Å². The molecule has 0 atom stereocenters. The standard InChI is InChI=1S/C22H18O6/c1-2-27-21(25)15-5-3-4-6-16(15)22(26)17-9-7-13(23)11-19(17)28-20-12-14(24)8-10-18(20)22/h3-12,23-24,26H,2H2,1H3. The van der Waals surface area contributed by atoms with E-state index in [1.165, 1.54) is 24.3 Å². The minimum Gasteiger partial charge on any atom is -0.508 e. The van der Waals surface area contributed by atoms with Crippen LogP contribution in [-0.4, -0.2) is 27.9 Å². The number of rotatable bonds is 3. The lowest BCUT2D eigenvalue weighted by Gasteiger charge is -2.37. The van der Waals surface area contributed by atoms with Crippen LogP contribution in [0.3, 0.4) is 0 Å². The van der Waals surface area contributed by atoms with Crippen molar-refractivity contribution in [3.63, 3.8) is 0 Å². The molecule has 1 heterocycles. The maximum atomic E-state index is 12.5. The topological polar surface area (TPSA) is 96.2 Å². The first-order valence-electron chi connectivity index (χ1n) is 8.79. The van der Waals surface area contributed by atoms with E-state index >= 15 is 0 Å². The van der Waals surface area contributed by atoms with Gasteiger partial charge in [0.25, 0.3) is 0 Å². The van der Waals surface area contributed by atoms with Crippen molar-refractivity contribution in [2.75, 3.05) is 6.61 Å². The molecule has 0 spiro atoms. The van der Waals surface area contributed by atoms with Crippen molar-refractivity contribution in [2.45, 2.75) is 12.5 Å². The van der Waals surface area contributed by atoms with Gasteiger partial charge in [-0.1, -0.05) is 18.2 Å². The van der Waals surface area contributed by atoms with Crippen molar-refractivity contribution in [2.24, 2.45) is 0 Å². The van der Waals surface area contributed by atoms with Crippen LogP contribution in [0.1, 0.15) is 34.0 Å². The van der Waals surface area contributed by atoms with Crippen molar-refractivity contribution in [3.8, 4) is 23.0 Å². The summed E-state index contributed by atoms with van der Waals surface area (Å²) in [6, 6.07) is 15.3. The number of fused-ring (bicyclic) bond motifs is 2. The van der Waals surface area contributed by atoms with Crippen molar-refractivity contribution in [3.05, 3.63) is 82.9 Å². The van der Waals surface area contributed by atoms with Crippen molar-refractivity contribution in [1.29, 1.82) is 0 Å². The van der Waals surface area contributed by atoms with E-state index in [2.05, 4.69) is 0 Å². The third kappa shape index (κ3) is 2.66. The summed E-state index contributed by atoms with van der Waals surface area (Å²) in [5.41, 5.74) is -0.504. The number of ether oxygens (including phenoxy) is 2. The first-order chi connectivity index (χ1) is 13.4. The molecule has 0 aliphatic carbocycles. The normalized spacial score (nSPS) is 13.8. The number of esters is 1. The number of phenols is 2. The van der Waals surface area contributed by atoms with Gasteiger partial charge in [0.2, 0.25) is 0 Å². The van der Waals surface area contributed by atoms with Crippen LogP contribution >= 0.6 is 0 Å². The Balaban J connectivity index is 2.03. The molecule has 3 aromatic carbocycles. The quantitative estimate of drug-likeness (QED) is 0.602. The van der Waals surface area contributed by atoms with E-state index in [4.69, 9.17) is 9.47 Å². The molecule has 1 aliphatic heterocycles. The molecule has 4 rings (SSSR count). The molecule has 6 heteroatoms. The second-order valence-corrected chi connectivity index (χ2v) is 6.44. The maximum Gasteiger partial charge on any atom is 0.338 e. The van der Waals surface area contributed by atoms with Crippen LogP contribution in [0.25, 0.3) is 0 Å². The van der Waals surface area contributed by atoms with Gasteiger partial charge in [-0.05, 0) is 37.3 Å². The summed E-state index contributed by atoms with van der Waals surface area (Å²) in [6.07, 6.45) is 0. The van der Waals surface area contributed by atoms with E-state index in [0.29, 0.717) is 16.7 Å². The number of phenolic OH excluding ortho intramolecular Hbond substituents is 2. The highest BCUT2D eigenvalue weighted by Crippen LogP contribution is 2.52. The molecule has 0 unspecified atom stereocenters. The van der Waals surface area contributed by atoms with Gasteiger partial charge in [0.05, 0.1) is 12.2 Å². The molecule has 0 amide bonds. The van der Waals surface area contributed by atoms with Gasteiger partial charge < -0.3 is 24.8 Å². The van der Waals surface area contributed by atoms with Crippen LogP contribution in [0.5, 0.6) is 23.0 Å². The summed E-state index contributed by atoms with van der Waals surface area (Å²) < 4.78 is 11.0. The van der Waals surface area contributed by atoms with Crippen LogP contribution in [0.4, 0.5) is 0 Å². The van der Waals surface area contributed by atoms with E-state index in [0.717, 1.165) is 0 Å². The zero-order valence-corrected chi connectivity index (χ0v) is 15.0. The van der Waals surface area contributed by atoms with Gasteiger partial charge in [0.15, 0.2) is 0 Å². The first kappa shape index (κ1) is 17.9. The lowest BCUT2D eigenvalue weighted by Crippen LogP contribution is -2.34. The molecule has 0 aromatic heterocycles. The lowest BCUT2D eigenvalue weighted by atomic mass is 9.76. The Kier molecular flexibility index (Phi) is 4.20. The highest BCUT2D eigenvalue weighted by atomic mass is 16.5. The van der Waals surface area contributed by atoms with Gasteiger partial charge in [0.1, 0.15) is 28.6 Å². The van der Waals surface area contributed by atoms with Crippen molar-refractivity contribution >= 4 is 5.97 Å². The van der Waals surface area contributed by atoms with Gasteiger partial charge in [-0.15, -0.1) is 0 Å². The van der Waals surface area contributed by atoms with Crippen LogP contribution in [0, 0.1) is 0 Å². The Morgan fingerprint density at radius 3 is 2.07 bits per heavy atom. The predicted octanol–water partition coefficient (Wildman–Crippen LogP) is 3.66. The van der Waals surface area contributed by atoms with E-state index in [1.54, 1.807) is 43.3 Å². The number of hydrogen-bond donors (Lipinski definition) is 3. The molecule has 0 saturated heterocycles. The second kappa shape index (κ2) is 6.58. The molecule has 6 nitrogen and oxygen atoms in total. The van der Waals surface area contributed by atoms with Crippen LogP contribution < -0.4 is 4.74 Å². The number of benzene rings is 3. The summed E-state index contributed by atoms with van der Waals surface area (Å²) >= 11 is 0. The van der Waals surface area contributed by atoms with Gasteiger partial charge in [-0.25, -0.2) is 4.79 Å². The molecular weight excluding hydrogens is 360 g/mol. The van der Waals surface area contributed by atoms with Gasteiger partial charge in [-0.3, -0.25) is 0 Å². The fraction of sp³-hybridized carbons (Fsp3) is 0.136. The molecule has 3 aromatic rings. The van der Waals surface area contributed by atoms with E-state index in [9.17, 15) is 20.1 Å². The average molecular weight is 378 g/mol. The Labute approximate surface area is 161 Å². The van der Waals surface area contributed by atoms with Crippen molar-refractivity contribution in [1.82, 2.24) is 0 Å².